The topological polar surface area (TPSA) is 30.5 Å². The molecule has 30 heavy (non-hydrogen) atoms. The van der Waals surface area contributed by atoms with Crippen molar-refractivity contribution in [3.05, 3.63) is 120 Å². The number of benzene rings is 4. The minimum Gasteiger partial charge on any atom is -0.489 e. The van der Waals surface area contributed by atoms with E-state index in [1.165, 1.54) is 12.1 Å². The van der Waals surface area contributed by atoms with Crippen molar-refractivity contribution in [1.82, 2.24) is 0 Å². The molecule has 0 aliphatic rings. The van der Waals surface area contributed by atoms with Gasteiger partial charge in [-0.15, -0.1) is 0 Å². The molecular weight excluding hydrogens is 377 g/mol. The van der Waals surface area contributed by atoms with E-state index in [-0.39, 0.29) is 5.82 Å². The van der Waals surface area contributed by atoms with E-state index in [2.05, 4.69) is 5.32 Å². The van der Waals surface area contributed by atoms with Crippen LogP contribution < -0.4 is 14.8 Å². The van der Waals surface area contributed by atoms with Gasteiger partial charge in [0, 0.05) is 12.2 Å². The zero-order valence-electron chi connectivity index (χ0n) is 16.4. The molecule has 4 aromatic rings. The largest absolute Gasteiger partial charge is 0.489 e. The van der Waals surface area contributed by atoms with E-state index in [9.17, 15) is 4.39 Å². The Hall–Kier alpha value is -3.79. The SMILES string of the molecule is Fc1cccc(COc2cccc(CNc3ccc(Oc4ccccc4)cc3)c2)c1. The molecule has 150 valence electrons. The average Bonchev–Trinajstić information content (AvgIpc) is 2.78. The van der Waals surface area contributed by atoms with Gasteiger partial charge in [0.2, 0.25) is 0 Å². The van der Waals surface area contributed by atoms with E-state index >= 15 is 0 Å². The standard InChI is InChI=1S/C26H22FNO2/c27-22-8-4-7-21(16-22)19-29-26-11-5-6-20(17-26)18-28-23-12-14-25(15-13-23)30-24-9-2-1-3-10-24/h1-17,28H,18-19H2. The van der Waals surface area contributed by atoms with Gasteiger partial charge in [0.05, 0.1) is 0 Å². The Balaban J connectivity index is 1.31. The lowest BCUT2D eigenvalue weighted by Gasteiger charge is -2.11. The summed E-state index contributed by atoms with van der Waals surface area (Å²) in [7, 11) is 0. The van der Waals surface area contributed by atoms with Gasteiger partial charge >= 0.3 is 0 Å². The molecule has 0 saturated carbocycles. The minimum absolute atomic E-state index is 0.255. The van der Waals surface area contributed by atoms with Gasteiger partial charge in [-0.2, -0.15) is 0 Å². The lowest BCUT2D eigenvalue weighted by atomic mass is 10.2. The van der Waals surface area contributed by atoms with E-state index in [0.717, 1.165) is 34.1 Å². The molecule has 0 radical (unpaired) electrons. The molecule has 0 fully saturated rings. The molecule has 4 rings (SSSR count). The lowest BCUT2D eigenvalue weighted by Crippen LogP contribution is -2.00. The Morgan fingerprint density at radius 3 is 2.13 bits per heavy atom. The van der Waals surface area contributed by atoms with Crippen LogP contribution in [0.2, 0.25) is 0 Å². The molecule has 4 aromatic carbocycles. The first-order chi connectivity index (χ1) is 14.7. The van der Waals surface area contributed by atoms with E-state index in [1.807, 2.05) is 84.9 Å². The lowest BCUT2D eigenvalue weighted by molar-refractivity contribution is 0.305. The van der Waals surface area contributed by atoms with E-state index in [1.54, 1.807) is 6.07 Å². The zero-order valence-corrected chi connectivity index (χ0v) is 16.4. The second-order valence-electron chi connectivity index (χ2n) is 6.86. The highest BCUT2D eigenvalue weighted by Gasteiger charge is 2.01. The van der Waals surface area contributed by atoms with Crippen LogP contribution in [0.4, 0.5) is 10.1 Å². The number of ether oxygens (including phenoxy) is 2. The summed E-state index contributed by atoms with van der Waals surface area (Å²) in [6.07, 6.45) is 0. The molecule has 0 saturated heterocycles. The van der Waals surface area contributed by atoms with Crippen LogP contribution in [0.15, 0.2) is 103 Å². The summed E-state index contributed by atoms with van der Waals surface area (Å²) in [5.74, 6) is 2.10. The maximum absolute atomic E-state index is 13.3. The summed E-state index contributed by atoms with van der Waals surface area (Å²) in [4.78, 5) is 0. The zero-order chi connectivity index (χ0) is 20.6. The van der Waals surface area contributed by atoms with Crippen LogP contribution in [0.5, 0.6) is 17.2 Å². The van der Waals surface area contributed by atoms with E-state index in [4.69, 9.17) is 9.47 Å². The maximum Gasteiger partial charge on any atom is 0.127 e. The van der Waals surface area contributed by atoms with Gasteiger partial charge in [-0.3, -0.25) is 0 Å². The first kappa shape index (κ1) is 19.5. The first-order valence-electron chi connectivity index (χ1n) is 9.78. The third-order valence-corrected chi connectivity index (χ3v) is 4.52. The minimum atomic E-state index is -0.255. The van der Waals surface area contributed by atoms with E-state index in [0.29, 0.717) is 13.2 Å². The molecule has 0 unspecified atom stereocenters. The molecule has 1 N–H and O–H groups in total. The number of nitrogens with one attached hydrogen (secondary N) is 1. The van der Waals surface area contributed by atoms with Crippen LogP contribution >= 0.6 is 0 Å². The molecule has 3 nitrogen and oxygen atoms in total. The van der Waals surface area contributed by atoms with Gasteiger partial charge in [0.1, 0.15) is 29.7 Å². The Morgan fingerprint density at radius 1 is 0.633 bits per heavy atom. The second kappa shape index (κ2) is 9.61. The summed E-state index contributed by atoms with van der Waals surface area (Å²) < 4.78 is 24.9. The van der Waals surface area contributed by atoms with Gasteiger partial charge in [-0.1, -0.05) is 42.5 Å². The molecular formula is C26H22FNO2. The van der Waals surface area contributed by atoms with Gasteiger partial charge in [-0.25, -0.2) is 4.39 Å². The Kier molecular flexibility index (Phi) is 6.25. The highest BCUT2D eigenvalue weighted by Crippen LogP contribution is 2.23. The van der Waals surface area contributed by atoms with Gasteiger partial charge < -0.3 is 14.8 Å². The van der Waals surface area contributed by atoms with Crippen molar-refractivity contribution in [1.29, 1.82) is 0 Å². The van der Waals surface area contributed by atoms with Crippen LogP contribution in [-0.2, 0) is 13.2 Å². The Morgan fingerprint density at radius 2 is 1.33 bits per heavy atom. The predicted octanol–water partition coefficient (Wildman–Crippen LogP) is 6.81. The fourth-order valence-electron chi connectivity index (χ4n) is 3.01. The molecule has 0 spiro atoms. The molecule has 0 atom stereocenters. The molecule has 0 aromatic heterocycles. The average molecular weight is 399 g/mol. The number of anilines is 1. The highest BCUT2D eigenvalue weighted by atomic mass is 19.1. The van der Waals surface area contributed by atoms with Crippen LogP contribution in [0.25, 0.3) is 0 Å². The van der Waals surface area contributed by atoms with Crippen molar-refractivity contribution in [2.75, 3.05) is 5.32 Å². The maximum atomic E-state index is 13.3. The van der Waals surface area contributed by atoms with Crippen LogP contribution in [-0.4, -0.2) is 0 Å². The number of rotatable bonds is 8. The first-order valence-corrected chi connectivity index (χ1v) is 9.78. The molecule has 4 heteroatoms. The van der Waals surface area contributed by atoms with Crippen LogP contribution in [0, 0.1) is 5.82 Å². The smallest absolute Gasteiger partial charge is 0.127 e. The van der Waals surface area contributed by atoms with Gasteiger partial charge in [-0.05, 0) is 71.8 Å². The third-order valence-electron chi connectivity index (χ3n) is 4.52. The van der Waals surface area contributed by atoms with Crippen molar-refractivity contribution >= 4 is 5.69 Å². The summed E-state index contributed by atoms with van der Waals surface area (Å²) in [6.45, 7) is 0.994. The van der Waals surface area contributed by atoms with Crippen molar-refractivity contribution < 1.29 is 13.9 Å². The van der Waals surface area contributed by atoms with E-state index < -0.39 is 0 Å². The monoisotopic (exact) mass is 399 g/mol. The Labute approximate surface area is 175 Å². The summed E-state index contributed by atoms with van der Waals surface area (Å²) in [5.41, 5.74) is 2.90. The fourth-order valence-corrected chi connectivity index (χ4v) is 3.01. The quantitative estimate of drug-likeness (QED) is 0.353. The van der Waals surface area contributed by atoms with Crippen molar-refractivity contribution in [3.63, 3.8) is 0 Å². The Bertz CT molecular complexity index is 1080. The normalized spacial score (nSPS) is 10.4. The summed E-state index contributed by atoms with van der Waals surface area (Å²) >= 11 is 0. The number of hydrogen-bond donors (Lipinski definition) is 1. The second-order valence-corrected chi connectivity index (χ2v) is 6.86. The number of hydrogen-bond acceptors (Lipinski definition) is 3. The molecule has 0 heterocycles. The molecule has 0 aliphatic heterocycles. The summed E-state index contributed by atoms with van der Waals surface area (Å²) in [6, 6.07) is 31.9. The van der Waals surface area contributed by atoms with Crippen molar-refractivity contribution in [2.24, 2.45) is 0 Å². The molecule has 0 bridgehead atoms. The predicted molar refractivity (Wildman–Crippen MR) is 117 cm³/mol. The molecule has 0 aliphatic carbocycles. The molecule has 0 amide bonds. The number of halogens is 1. The van der Waals surface area contributed by atoms with Gasteiger partial charge in [0.15, 0.2) is 0 Å². The van der Waals surface area contributed by atoms with Crippen LogP contribution in [0.3, 0.4) is 0 Å². The third kappa shape index (κ3) is 5.61. The van der Waals surface area contributed by atoms with Crippen molar-refractivity contribution in [2.45, 2.75) is 13.2 Å². The highest BCUT2D eigenvalue weighted by molar-refractivity contribution is 5.48. The van der Waals surface area contributed by atoms with Crippen LogP contribution in [0.1, 0.15) is 11.1 Å². The number of para-hydroxylation sites is 1. The summed E-state index contributed by atoms with van der Waals surface area (Å²) in [5, 5.41) is 3.40. The fraction of sp³-hybridized carbons (Fsp3) is 0.0769. The van der Waals surface area contributed by atoms with Gasteiger partial charge in [0.25, 0.3) is 0 Å². The van der Waals surface area contributed by atoms with Crippen molar-refractivity contribution in [3.8, 4) is 17.2 Å².